The topological polar surface area (TPSA) is 32.7 Å². The van der Waals surface area contributed by atoms with Gasteiger partial charge in [-0.1, -0.05) is 43.6 Å². The molecule has 0 radical (unpaired) electrons. The van der Waals surface area contributed by atoms with Gasteiger partial charge < -0.3 is 9.84 Å². The summed E-state index contributed by atoms with van der Waals surface area (Å²) in [4.78, 5) is 2.67. The molecule has 6 unspecified atom stereocenters. The third-order valence-corrected chi connectivity index (χ3v) is 11.8. The Morgan fingerprint density at radius 1 is 1.21 bits per heavy atom. The Labute approximate surface area is 212 Å². The Morgan fingerprint density at radius 3 is 2.82 bits per heavy atom. The molecule has 2 saturated carbocycles. The average molecular weight is 488 g/mol. The number of rotatable bonds is 2. The van der Waals surface area contributed by atoms with Gasteiger partial charge in [-0.25, -0.2) is 0 Å². The summed E-state index contributed by atoms with van der Waals surface area (Å²) >= 11 is 6.24. The minimum Gasteiger partial charge on any atom is -0.393 e. The summed E-state index contributed by atoms with van der Waals surface area (Å²) in [6, 6.07) is 0.534. The van der Waals surface area contributed by atoms with Crippen LogP contribution in [0.5, 0.6) is 0 Å². The van der Waals surface area contributed by atoms with Gasteiger partial charge in [-0.3, -0.25) is 4.90 Å². The van der Waals surface area contributed by atoms with E-state index in [-0.39, 0.29) is 11.7 Å². The first kappa shape index (κ1) is 24.0. The van der Waals surface area contributed by atoms with Gasteiger partial charge in [-0.15, -0.1) is 11.6 Å². The molecule has 190 valence electrons. The molecule has 2 saturated heterocycles. The van der Waals surface area contributed by atoms with Gasteiger partial charge in [-0.2, -0.15) is 0 Å². The summed E-state index contributed by atoms with van der Waals surface area (Å²) < 4.78 is 7.16. The molecule has 0 aromatic heterocycles. The van der Waals surface area contributed by atoms with E-state index in [1.54, 1.807) is 16.7 Å². The number of aliphatic hydroxyl groups is 1. The number of nitrogens with zero attached hydrogens (tertiary/aromatic N) is 1. The van der Waals surface area contributed by atoms with Crippen molar-refractivity contribution in [2.24, 2.45) is 35.0 Å². The molecule has 0 aromatic carbocycles. The van der Waals surface area contributed by atoms with E-state index >= 15 is 0 Å². The van der Waals surface area contributed by atoms with Gasteiger partial charge in [0.25, 0.3) is 0 Å². The van der Waals surface area contributed by atoms with Crippen molar-refractivity contribution in [1.82, 2.24) is 4.90 Å². The van der Waals surface area contributed by atoms with Crippen molar-refractivity contribution in [2.75, 3.05) is 19.0 Å². The second-order valence-corrected chi connectivity index (χ2v) is 13.8. The molecule has 0 amide bonds. The first-order valence-corrected chi connectivity index (χ1v) is 14.8. The lowest BCUT2D eigenvalue weighted by atomic mass is 9.56. The van der Waals surface area contributed by atoms with Gasteiger partial charge in [-0.05, 0) is 93.8 Å². The predicted octanol–water partition coefficient (Wildman–Crippen LogP) is 6.34. The molecule has 2 aliphatic heterocycles. The van der Waals surface area contributed by atoms with Crippen molar-refractivity contribution in [3.05, 3.63) is 22.8 Å². The normalized spacial score (nSPS) is 50.9. The Hall–Kier alpha value is -0.350. The standard InChI is InChI=1S/C30H46ClNO2/c1-18-13-27-28(32(17-18)12-11-31)20(3)30(34-27)10-8-23-24-6-5-21-14-22(33)7-9-29(21,4)26(24)15-25(23)19(2)16-30/h5,18,20,22-24,26-28,33H,6-17H2,1-4H3/t18?,20-,22?,23+,24?,26+,27-,28?,29?,30?/m1/s1. The van der Waals surface area contributed by atoms with Crippen LogP contribution in [-0.4, -0.2) is 52.8 Å². The van der Waals surface area contributed by atoms with Crippen LogP contribution in [0, 0.1) is 35.0 Å². The number of alkyl halides is 1. The first-order valence-electron chi connectivity index (χ1n) is 14.3. The van der Waals surface area contributed by atoms with Gasteiger partial charge in [0.1, 0.15) is 0 Å². The van der Waals surface area contributed by atoms with E-state index in [4.69, 9.17) is 16.3 Å². The molecule has 4 fully saturated rings. The molecule has 34 heavy (non-hydrogen) atoms. The van der Waals surface area contributed by atoms with Crippen LogP contribution in [0.25, 0.3) is 0 Å². The maximum Gasteiger partial charge on any atom is 0.0765 e. The largest absolute Gasteiger partial charge is 0.393 e. The second kappa shape index (κ2) is 8.61. The van der Waals surface area contributed by atoms with E-state index in [0.717, 1.165) is 49.4 Å². The fraction of sp³-hybridized carbons (Fsp3) is 0.867. The number of likely N-dealkylation sites (tertiary alicyclic amines) is 1. The minimum atomic E-state index is -0.116. The fourth-order valence-electron chi connectivity index (χ4n) is 9.95. The molecule has 1 spiro atoms. The Balaban J connectivity index is 1.27. The van der Waals surface area contributed by atoms with E-state index in [0.29, 0.717) is 29.4 Å². The maximum absolute atomic E-state index is 10.3. The number of hydrogen-bond donors (Lipinski definition) is 1. The lowest BCUT2D eigenvalue weighted by molar-refractivity contribution is -0.0789. The fourth-order valence-corrected chi connectivity index (χ4v) is 10.2. The molecular formula is C30H46ClNO2. The van der Waals surface area contributed by atoms with Crippen molar-refractivity contribution in [1.29, 1.82) is 0 Å². The summed E-state index contributed by atoms with van der Waals surface area (Å²) in [5, 5.41) is 10.3. The molecular weight excluding hydrogens is 442 g/mol. The summed E-state index contributed by atoms with van der Waals surface area (Å²) in [6.07, 6.45) is 13.2. The highest BCUT2D eigenvalue weighted by Crippen LogP contribution is 2.63. The number of fused-ring (bicyclic) bond motifs is 6. The van der Waals surface area contributed by atoms with Crippen molar-refractivity contribution < 1.29 is 9.84 Å². The molecule has 1 N–H and O–H groups in total. The van der Waals surface area contributed by atoms with Gasteiger partial charge >= 0.3 is 0 Å². The molecule has 4 aliphatic carbocycles. The van der Waals surface area contributed by atoms with E-state index < -0.39 is 0 Å². The molecule has 10 atom stereocenters. The molecule has 6 aliphatic rings. The average Bonchev–Trinajstić information content (AvgIpc) is 3.25. The molecule has 2 heterocycles. The van der Waals surface area contributed by atoms with Crippen LogP contribution >= 0.6 is 11.6 Å². The zero-order valence-corrected chi connectivity index (χ0v) is 22.6. The zero-order valence-electron chi connectivity index (χ0n) is 21.9. The number of piperidine rings is 1. The molecule has 0 aromatic rings. The minimum absolute atomic E-state index is 0.00932. The number of ether oxygens (including phenoxy) is 1. The van der Waals surface area contributed by atoms with Gasteiger partial charge in [0.15, 0.2) is 0 Å². The monoisotopic (exact) mass is 487 g/mol. The van der Waals surface area contributed by atoms with Crippen molar-refractivity contribution >= 4 is 11.6 Å². The summed E-state index contributed by atoms with van der Waals surface area (Å²) in [7, 11) is 0. The van der Waals surface area contributed by atoms with E-state index in [1.165, 1.54) is 45.1 Å². The Kier molecular flexibility index (Phi) is 6.08. The van der Waals surface area contributed by atoms with E-state index in [1.807, 2.05) is 0 Å². The summed E-state index contributed by atoms with van der Waals surface area (Å²) in [5.74, 6) is 4.27. The number of hydrogen-bond acceptors (Lipinski definition) is 3. The van der Waals surface area contributed by atoms with Crippen LogP contribution in [-0.2, 0) is 4.74 Å². The quantitative estimate of drug-likeness (QED) is 0.364. The highest BCUT2D eigenvalue weighted by atomic mass is 35.5. The van der Waals surface area contributed by atoms with Crippen molar-refractivity contribution in [3.63, 3.8) is 0 Å². The third kappa shape index (κ3) is 3.54. The van der Waals surface area contributed by atoms with Gasteiger partial charge in [0.05, 0.1) is 17.8 Å². The lowest BCUT2D eigenvalue weighted by Crippen LogP contribution is -2.52. The van der Waals surface area contributed by atoms with Gasteiger partial charge in [0, 0.05) is 30.9 Å². The second-order valence-electron chi connectivity index (χ2n) is 13.4. The molecule has 0 bridgehead atoms. The lowest BCUT2D eigenvalue weighted by Gasteiger charge is -2.49. The highest BCUT2D eigenvalue weighted by Gasteiger charge is 2.59. The summed E-state index contributed by atoms with van der Waals surface area (Å²) in [6.45, 7) is 12.0. The van der Waals surface area contributed by atoms with Crippen LogP contribution in [0.15, 0.2) is 22.8 Å². The van der Waals surface area contributed by atoms with Crippen molar-refractivity contribution in [3.8, 4) is 0 Å². The first-order chi connectivity index (χ1) is 16.3. The van der Waals surface area contributed by atoms with Crippen LogP contribution in [0.4, 0.5) is 0 Å². The van der Waals surface area contributed by atoms with Crippen molar-refractivity contribution in [2.45, 2.75) is 109 Å². The maximum atomic E-state index is 10.3. The Bertz CT molecular complexity index is 883. The van der Waals surface area contributed by atoms with Gasteiger partial charge in [0.2, 0.25) is 0 Å². The zero-order chi connectivity index (χ0) is 23.8. The third-order valence-electron chi connectivity index (χ3n) is 11.6. The molecule has 4 heteroatoms. The Morgan fingerprint density at radius 2 is 2.03 bits per heavy atom. The summed E-state index contributed by atoms with van der Waals surface area (Å²) in [5.41, 5.74) is 5.34. The smallest absolute Gasteiger partial charge is 0.0765 e. The van der Waals surface area contributed by atoms with Crippen LogP contribution < -0.4 is 0 Å². The highest BCUT2D eigenvalue weighted by molar-refractivity contribution is 6.18. The SMILES string of the molecule is CC1=C2C[C@H]3C(CC=C4CC(O)CCC43C)[C@@H]2CCC2(C1)O[C@@H]1CC(C)CN(CCCl)C1[C@H]2C. The van der Waals surface area contributed by atoms with Crippen LogP contribution in [0.1, 0.15) is 85.5 Å². The predicted molar refractivity (Wildman–Crippen MR) is 139 cm³/mol. The van der Waals surface area contributed by atoms with Crippen LogP contribution in [0.3, 0.4) is 0 Å². The number of allylic oxidation sites excluding steroid dienone is 2. The van der Waals surface area contributed by atoms with E-state index in [2.05, 4.69) is 38.7 Å². The molecule has 3 nitrogen and oxygen atoms in total. The molecule has 6 rings (SSSR count). The van der Waals surface area contributed by atoms with E-state index in [9.17, 15) is 5.11 Å². The number of halogens is 1. The van der Waals surface area contributed by atoms with Crippen LogP contribution in [0.2, 0.25) is 0 Å². The number of aliphatic hydroxyl groups excluding tert-OH is 1.